The van der Waals surface area contributed by atoms with Crippen LogP contribution in [0.3, 0.4) is 0 Å². The maximum absolute atomic E-state index is 12.8. The molecule has 0 radical (unpaired) electrons. The molecule has 2 aromatic heterocycles. The Morgan fingerprint density at radius 3 is 1.31 bits per heavy atom. The fraction of sp³-hybridized carbons (Fsp3) is 0.300. The highest BCUT2D eigenvalue weighted by molar-refractivity contribution is 7.90. The first kappa shape index (κ1) is 55.5. The van der Waals surface area contributed by atoms with Crippen LogP contribution in [-0.4, -0.2) is 65.8 Å². The molecule has 356 valence electrons. The number of aromatic nitrogens is 2. The van der Waals surface area contributed by atoms with Crippen LogP contribution in [0.25, 0.3) is 12.2 Å². The molecule has 0 aliphatic carbocycles. The first-order valence-electron chi connectivity index (χ1n) is 18.7. The number of nitrogens with one attached hydrogen (secondary N) is 2. The zero-order valence-electron chi connectivity index (χ0n) is 34.1. The molecule has 0 fully saturated rings. The second-order valence-electron chi connectivity index (χ2n) is 13.3. The Morgan fingerprint density at radius 1 is 0.646 bits per heavy atom. The number of ether oxygens (including phenoxy) is 2. The quantitative estimate of drug-likeness (QED) is 0.0415. The number of benzene rings is 2. The van der Waals surface area contributed by atoms with Gasteiger partial charge in [0, 0.05) is 47.8 Å². The molecule has 6 N–H and O–H groups in total. The van der Waals surface area contributed by atoms with E-state index in [0.717, 1.165) is 37.1 Å². The first-order chi connectivity index (χ1) is 29.8. The van der Waals surface area contributed by atoms with E-state index >= 15 is 0 Å². The Morgan fingerprint density at radius 2 is 1.00 bits per heavy atom. The van der Waals surface area contributed by atoms with Gasteiger partial charge in [-0.3, -0.25) is 9.59 Å². The summed E-state index contributed by atoms with van der Waals surface area (Å²) >= 11 is 11.7. The summed E-state index contributed by atoms with van der Waals surface area (Å²) in [4.78, 5) is 31.1. The van der Waals surface area contributed by atoms with Gasteiger partial charge in [-0.1, -0.05) is 62.7 Å². The number of aromatic hydroxyl groups is 2. The molecule has 65 heavy (non-hydrogen) atoms. The minimum Gasteiger partial charge on any atom is -0.508 e. The molecule has 15 nitrogen and oxygen atoms in total. The number of halogens is 8. The smallest absolute Gasteiger partial charge is 0.417 e. The van der Waals surface area contributed by atoms with Gasteiger partial charge in [0.05, 0.1) is 22.6 Å². The molecule has 2 amide bonds. The summed E-state index contributed by atoms with van der Waals surface area (Å²) in [5.41, 5.74) is -1.72. The molecule has 0 aliphatic rings. The normalized spacial score (nSPS) is 12.0. The van der Waals surface area contributed by atoms with Gasteiger partial charge in [0.1, 0.15) is 33.0 Å². The predicted molar refractivity (Wildman–Crippen MR) is 229 cm³/mol. The Hall–Kier alpha value is -5.62. The number of alkyl halides is 6. The second kappa shape index (κ2) is 24.6. The Balaban J connectivity index is 0.000000440. The highest BCUT2D eigenvalue weighted by Gasteiger charge is 2.33. The molecule has 0 atom stereocenters. The maximum atomic E-state index is 12.8. The van der Waals surface area contributed by atoms with E-state index in [1.165, 1.54) is 36.4 Å². The fourth-order valence-corrected chi connectivity index (χ4v) is 7.44. The number of amides is 2. The largest absolute Gasteiger partial charge is 0.508 e. The lowest BCUT2D eigenvalue weighted by molar-refractivity contribution is -0.138. The van der Waals surface area contributed by atoms with Gasteiger partial charge >= 0.3 is 12.4 Å². The van der Waals surface area contributed by atoms with E-state index in [0.29, 0.717) is 50.2 Å². The number of carbonyl (C=O) groups is 2. The Bertz CT molecular complexity index is 2390. The van der Waals surface area contributed by atoms with E-state index in [-0.39, 0.29) is 62.9 Å². The molecule has 0 unspecified atom stereocenters. The lowest BCUT2D eigenvalue weighted by Crippen LogP contribution is -2.31. The minimum absolute atomic E-state index is 0. The van der Waals surface area contributed by atoms with Crippen molar-refractivity contribution in [2.24, 2.45) is 0 Å². The number of hydrogen-bond acceptors (Lipinski definition) is 12. The van der Waals surface area contributed by atoms with Crippen molar-refractivity contribution in [1.29, 1.82) is 0 Å². The van der Waals surface area contributed by atoms with E-state index in [4.69, 9.17) is 32.7 Å². The summed E-state index contributed by atoms with van der Waals surface area (Å²) < 4.78 is 139. The minimum atomic E-state index is -4.64. The summed E-state index contributed by atoms with van der Waals surface area (Å²) in [7, 11) is -7.57. The van der Waals surface area contributed by atoms with Crippen molar-refractivity contribution < 1.29 is 77.9 Å². The van der Waals surface area contributed by atoms with Gasteiger partial charge in [-0.05, 0) is 61.4 Å². The van der Waals surface area contributed by atoms with Gasteiger partial charge in [-0.2, -0.15) is 26.3 Å². The van der Waals surface area contributed by atoms with Gasteiger partial charge < -0.3 is 25.2 Å². The van der Waals surface area contributed by atoms with Crippen LogP contribution >= 0.6 is 23.2 Å². The fourth-order valence-electron chi connectivity index (χ4n) is 4.91. The van der Waals surface area contributed by atoms with E-state index < -0.39 is 65.4 Å². The highest BCUT2D eigenvalue weighted by Crippen LogP contribution is 2.38. The van der Waals surface area contributed by atoms with Crippen molar-refractivity contribution in [3.63, 3.8) is 0 Å². The second-order valence-corrected chi connectivity index (χ2v) is 17.8. The standard InChI is InChI=1S/2C20H20ClF3N2O5S.H2O/c2*1-2-3-4-9-32(29,30)26-18(28)8-6-13-5-7-15(27)11-17(13)31-19-16(21)10-14(12-25-19)20(22,23)24;/h2*5-8,10-12,27H,2-4,9H2,1H3,(H,26,28);1H2. The van der Waals surface area contributed by atoms with Crippen LogP contribution < -0.4 is 18.9 Å². The molecule has 0 bridgehead atoms. The monoisotopic (exact) mass is 1000 g/mol. The average molecular weight is 1000 g/mol. The number of phenolic OH excluding ortho intramolecular Hbond substituents is 2. The predicted octanol–water partition coefficient (Wildman–Crippen LogP) is 8.98. The third kappa shape index (κ3) is 19.2. The number of pyridine rings is 2. The molecule has 2 heterocycles. The molecule has 0 saturated heterocycles. The van der Waals surface area contributed by atoms with E-state index in [1.807, 2.05) is 23.3 Å². The summed E-state index contributed by atoms with van der Waals surface area (Å²) in [6.07, 6.45) is 0.00180. The van der Waals surface area contributed by atoms with Crippen molar-refractivity contribution in [1.82, 2.24) is 19.4 Å². The molecular weight excluding hydrogens is 961 g/mol. The third-order valence-electron chi connectivity index (χ3n) is 8.05. The zero-order valence-corrected chi connectivity index (χ0v) is 37.3. The number of rotatable bonds is 18. The molecule has 4 aromatic rings. The van der Waals surface area contributed by atoms with Gasteiger partial charge in [0.15, 0.2) is 0 Å². The van der Waals surface area contributed by atoms with Crippen LogP contribution in [0.5, 0.6) is 34.8 Å². The van der Waals surface area contributed by atoms with Crippen molar-refractivity contribution >= 4 is 67.2 Å². The Kier molecular flexibility index (Phi) is 21.0. The number of sulfonamides is 2. The number of hydrogen-bond donors (Lipinski definition) is 4. The van der Waals surface area contributed by atoms with Crippen LogP contribution in [0.15, 0.2) is 73.1 Å². The first-order valence-corrected chi connectivity index (χ1v) is 22.8. The molecule has 0 spiro atoms. The van der Waals surface area contributed by atoms with E-state index in [2.05, 4.69) is 9.97 Å². The molecular formula is C40H42Cl2F6N4O11S2. The van der Waals surface area contributed by atoms with Gasteiger partial charge in [0.25, 0.3) is 11.8 Å². The Labute approximate surface area is 379 Å². The highest BCUT2D eigenvalue weighted by atomic mass is 35.5. The van der Waals surface area contributed by atoms with Gasteiger partial charge in [-0.15, -0.1) is 0 Å². The lowest BCUT2D eigenvalue weighted by atomic mass is 10.1. The maximum Gasteiger partial charge on any atom is 0.417 e. The van der Waals surface area contributed by atoms with Gasteiger partial charge in [0.2, 0.25) is 31.8 Å². The summed E-state index contributed by atoms with van der Waals surface area (Å²) in [5, 5.41) is 18.6. The molecule has 2 aromatic carbocycles. The molecule has 0 aliphatic heterocycles. The summed E-state index contributed by atoms with van der Waals surface area (Å²) in [6.45, 7) is 3.83. The van der Waals surface area contributed by atoms with Crippen LogP contribution in [0.2, 0.25) is 10.0 Å². The third-order valence-corrected chi connectivity index (χ3v) is 11.3. The number of nitrogens with zero attached hydrogens (tertiary/aromatic N) is 2. The molecule has 4 rings (SSSR count). The summed E-state index contributed by atoms with van der Waals surface area (Å²) in [6, 6.07) is 8.79. The van der Waals surface area contributed by atoms with Crippen molar-refractivity contribution in [2.45, 2.75) is 64.7 Å². The zero-order chi connectivity index (χ0) is 47.9. The van der Waals surface area contributed by atoms with Crippen LogP contribution in [0.4, 0.5) is 26.3 Å². The van der Waals surface area contributed by atoms with Crippen LogP contribution in [0.1, 0.15) is 74.6 Å². The SMILES string of the molecule is CCCCCS(=O)(=O)NC(=O)C=Cc1ccc(O)cc1Oc1ncc(C(F)(F)F)cc1Cl.CCCCCS(=O)(=O)NC(=O)C=Cc1ccc(O)cc1Oc1ncc(C(F)(F)F)cc1Cl.O. The van der Waals surface area contributed by atoms with Gasteiger partial charge in [-0.25, -0.2) is 36.2 Å². The number of unbranched alkanes of at least 4 members (excludes halogenated alkanes) is 4. The topological polar surface area (TPSA) is 243 Å². The van der Waals surface area contributed by atoms with E-state index in [1.54, 1.807) is 0 Å². The van der Waals surface area contributed by atoms with Crippen molar-refractivity contribution in [2.75, 3.05) is 11.5 Å². The molecule has 25 heteroatoms. The van der Waals surface area contributed by atoms with Crippen LogP contribution in [-0.2, 0) is 42.0 Å². The lowest BCUT2D eigenvalue weighted by Gasteiger charge is -2.12. The van der Waals surface area contributed by atoms with Crippen molar-refractivity contribution in [3.05, 3.63) is 105 Å². The molecule has 0 saturated carbocycles. The average Bonchev–Trinajstić information content (AvgIpc) is 3.18. The number of phenols is 2. The van der Waals surface area contributed by atoms with Crippen molar-refractivity contribution in [3.8, 4) is 34.8 Å². The number of carbonyl (C=O) groups excluding carboxylic acids is 2. The van der Waals surface area contributed by atoms with Crippen LogP contribution in [0, 0.1) is 0 Å². The van der Waals surface area contributed by atoms with E-state index in [9.17, 15) is 63.0 Å². The summed E-state index contributed by atoms with van der Waals surface area (Å²) in [5.74, 6) is -3.50.